The van der Waals surface area contributed by atoms with Crippen LogP contribution in [0.15, 0.2) is 64.7 Å². The van der Waals surface area contributed by atoms with Gasteiger partial charge in [0.15, 0.2) is 0 Å². The molecule has 0 saturated carbocycles. The summed E-state index contributed by atoms with van der Waals surface area (Å²) in [5.74, 6) is 0.228. The number of fused-ring (bicyclic) bond motifs is 3. The molecule has 6 heteroatoms. The van der Waals surface area contributed by atoms with Gasteiger partial charge in [0.1, 0.15) is 11.6 Å². The van der Waals surface area contributed by atoms with Crippen LogP contribution in [-0.2, 0) is 0 Å². The smallest absolute Gasteiger partial charge is 0.254 e. The molecule has 2 heterocycles. The summed E-state index contributed by atoms with van der Waals surface area (Å²) in [6, 6.07) is 17.0. The maximum absolute atomic E-state index is 12.9. The van der Waals surface area contributed by atoms with E-state index in [1.807, 2.05) is 42.5 Å². The second kappa shape index (κ2) is 5.97. The van der Waals surface area contributed by atoms with Crippen molar-refractivity contribution in [3.8, 4) is 11.8 Å². The third-order valence-electron chi connectivity index (χ3n) is 4.66. The van der Waals surface area contributed by atoms with E-state index in [9.17, 15) is 10.1 Å². The summed E-state index contributed by atoms with van der Waals surface area (Å²) in [5.41, 5.74) is 8.69. The first-order chi connectivity index (χ1) is 12.7. The number of nitrogens with zero attached hydrogens (tertiary/aromatic N) is 1. The average molecular weight is 344 g/mol. The molecule has 128 valence electrons. The second-order valence-electron chi connectivity index (χ2n) is 6.03. The van der Waals surface area contributed by atoms with Gasteiger partial charge < -0.3 is 20.8 Å². The summed E-state index contributed by atoms with van der Waals surface area (Å²) >= 11 is 0. The number of hydrogen-bond donors (Lipinski definition) is 3. The minimum Gasteiger partial charge on any atom is -0.496 e. The van der Waals surface area contributed by atoms with Crippen LogP contribution in [0.3, 0.4) is 0 Å². The van der Waals surface area contributed by atoms with Gasteiger partial charge in [0.25, 0.3) is 5.56 Å². The van der Waals surface area contributed by atoms with Gasteiger partial charge >= 0.3 is 0 Å². The van der Waals surface area contributed by atoms with Crippen LogP contribution in [0.5, 0.6) is 5.75 Å². The van der Waals surface area contributed by atoms with Crippen molar-refractivity contribution in [2.75, 3.05) is 12.4 Å². The highest BCUT2D eigenvalue weighted by Gasteiger charge is 2.34. The van der Waals surface area contributed by atoms with Crippen molar-refractivity contribution in [2.24, 2.45) is 5.73 Å². The van der Waals surface area contributed by atoms with E-state index >= 15 is 0 Å². The van der Waals surface area contributed by atoms with Gasteiger partial charge in [0, 0.05) is 10.9 Å². The van der Waals surface area contributed by atoms with E-state index in [-0.39, 0.29) is 11.4 Å². The molecule has 1 aliphatic rings. The van der Waals surface area contributed by atoms with Crippen LogP contribution in [0.1, 0.15) is 17.0 Å². The zero-order valence-electron chi connectivity index (χ0n) is 14.0. The fourth-order valence-corrected chi connectivity index (χ4v) is 3.51. The molecule has 3 aromatic rings. The highest BCUT2D eigenvalue weighted by molar-refractivity contribution is 5.95. The van der Waals surface area contributed by atoms with Crippen molar-refractivity contribution in [3.63, 3.8) is 0 Å². The summed E-state index contributed by atoms with van der Waals surface area (Å²) < 4.78 is 5.46. The lowest BCUT2D eigenvalue weighted by molar-refractivity contribution is 0.409. The lowest BCUT2D eigenvalue weighted by atomic mass is 9.81. The van der Waals surface area contributed by atoms with Crippen LogP contribution in [0.4, 0.5) is 5.69 Å². The number of methoxy groups -OCH3 is 1. The lowest BCUT2D eigenvalue weighted by Gasteiger charge is -2.28. The first-order valence-electron chi connectivity index (χ1n) is 8.10. The normalized spacial score (nSPS) is 15.9. The van der Waals surface area contributed by atoms with Gasteiger partial charge in [-0.2, -0.15) is 5.26 Å². The predicted molar refractivity (Wildman–Crippen MR) is 99.9 cm³/mol. The van der Waals surface area contributed by atoms with Gasteiger partial charge in [-0.3, -0.25) is 4.79 Å². The Labute approximate surface area is 149 Å². The maximum Gasteiger partial charge on any atom is 0.254 e. The molecule has 0 fully saturated rings. The SMILES string of the molecule is COc1ccccc1C1C(C#N)=C(N)Nc2c1c(=O)[nH]c1ccccc21. The topological polar surface area (TPSA) is 104 Å². The first-order valence-corrected chi connectivity index (χ1v) is 8.10. The number of aromatic amines is 1. The summed E-state index contributed by atoms with van der Waals surface area (Å²) in [6.07, 6.45) is 0. The Morgan fingerprint density at radius 1 is 1.15 bits per heavy atom. The number of para-hydroxylation sites is 2. The summed E-state index contributed by atoms with van der Waals surface area (Å²) in [4.78, 5) is 15.8. The van der Waals surface area contributed by atoms with E-state index in [0.717, 1.165) is 10.9 Å². The molecule has 1 aromatic heterocycles. The van der Waals surface area contributed by atoms with Crippen molar-refractivity contribution in [1.29, 1.82) is 5.26 Å². The molecule has 1 unspecified atom stereocenters. The van der Waals surface area contributed by atoms with Crippen LogP contribution >= 0.6 is 0 Å². The zero-order chi connectivity index (χ0) is 18.3. The molecule has 6 nitrogen and oxygen atoms in total. The van der Waals surface area contributed by atoms with Crippen LogP contribution in [0, 0.1) is 11.3 Å². The van der Waals surface area contributed by atoms with Crippen LogP contribution < -0.4 is 21.3 Å². The molecule has 0 saturated heterocycles. The highest BCUT2D eigenvalue weighted by atomic mass is 16.5. The Morgan fingerprint density at radius 3 is 2.65 bits per heavy atom. The number of H-pyrrole nitrogens is 1. The van der Waals surface area contributed by atoms with E-state index in [0.29, 0.717) is 28.1 Å². The number of nitrogens with one attached hydrogen (secondary N) is 2. The van der Waals surface area contributed by atoms with Crippen LogP contribution in [0.25, 0.3) is 10.9 Å². The molecule has 4 rings (SSSR count). The zero-order valence-corrected chi connectivity index (χ0v) is 14.0. The molecule has 1 atom stereocenters. The van der Waals surface area contributed by atoms with Gasteiger partial charge in [0.05, 0.1) is 41.4 Å². The van der Waals surface area contributed by atoms with Crippen molar-refractivity contribution in [3.05, 3.63) is 81.4 Å². The molecular weight excluding hydrogens is 328 g/mol. The van der Waals surface area contributed by atoms with Gasteiger partial charge in [0.2, 0.25) is 0 Å². The Bertz CT molecular complexity index is 1150. The lowest BCUT2D eigenvalue weighted by Crippen LogP contribution is -2.29. The van der Waals surface area contributed by atoms with Crippen LogP contribution in [-0.4, -0.2) is 12.1 Å². The predicted octanol–water partition coefficient (Wildman–Crippen LogP) is 2.79. The molecule has 0 amide bonds. The van der Waals surface area contributed by atoms with E-state index < -0.39 is 5.92 Å². The molecule has 26 heavy (non-hydrogen) atoms. The van der Waals surface area contributed by atoms with Gasteiger partial charge in [-0.05, 0) is 12.1 Å². The van der Waals surface area contributed by atoms with E-state index in [1.54, 1.807) is 13.2 Å². The number of ether oxygens (including phenoxy) is 1. The number of anilines is 1. The molecule has 1 aliphatic heterocycles. The Balaban J connectivity index is 2.11. The third-order valence-corrected chi connectivity index (χ3v) is 4.66. The maximum atomic E-state index is 12.9. The van der Waals surface area contributed by atoms with Crippen molar-refractivity contribution in [2.45, 2.75) is 5.92 Å². The molecule has 4 N–H and O–H groups in total. The van der Waals surface area contributed by atoms with Crippen LogP contribution in [0.2, 0.25) is 0 Å². The number of rotatable bonds is 2. The monoisotopic (exact) mass is 344 g/mol. The molecule has 0 radical (unpaired) electrons. The Morgan fingerprint density at radius 2 is 1.88 bits per heavy atom. The quantitative estimate of drug-likeness (QED) is 0.663. The summed E-state index contributed by atoms with van der Waals surface area (Å²) in [7, 11) is 1.56. The first kappa shape index (κ1) is 15.8. The number of hydrogen-bond acceptors (Lipinski definition) is 5. The minimum absolute atomic E-state index is 0.242. The summed E-state index contributed by atoms with van der Waals surface area (Å²) in [6.45, 7) is 0. The van der Waals surface area contributed by atoms with Gasteiger partial charge in [-0.25, -0.2) is 0 Å². The molecule has 2 aromatic carbocycles. The number of aromatic nitrogens is 1. The standard InChI is InChI=1S/C20H16N4O2/c1-26-15-9-5-3-7-12(15)16-13(10-21)19(22)24-18-11-6-2-4-8-14(11)23-20(25)17(16)18/h2-9,16,24H,22H2,1H3,(H,23,25). The number of nitriles is 1. The van der Waals surface area contributed by atoms with E-state index in [2.05, 4.69) is 16.4 Å². The summed E-state index contributed by atoms with van der Waals surface area (Å²) in [5, 5.41) is 13.6. The number of benzene rings is 2. The third kappa shape index (κ3) is 2.22. The number of allylic oxidation sites excluding steroid dienone is 1. The average Bonchev–Trinajstić information content (AvgIpc) is 2.67. The van der Waals surface area contributed by atoms with E-state index in [1.165, 1.54) is 0 Å². The Kier molecular flexibility index (Phi) is 3.63. The van der Waals surface area contributed by atoms with E-state index in [4.69, 9.17) is 10.5 Å². The van der Waals surface area contributed by atoms with Gasteiger partial charge in [-0.1, -0.05) is 36.4 Å². The number of nitrogens with two attached hydrogens (primary N) is 1. The molecule has 0 bridgehead atoms. The van der Waals surface area contributed by atoms with Gasteiger partial charge in [-0.15, -0.1) is 0 Å². The fourth-order valence-electron chi connectivity index (χ4n) is 3.51. The van der Waals surface area contributed by atoms with Crippen molar-refractivity contribution in [1.82, 2.24) is 4.98 Å². The van der Waals surface area contributed by atoms with Crippen molar-refractivity contribution >= 4 is 16.6 Å². The Hall–Kier alpha value is -3.72. The molecule has 0 spiro atoms. The number of pyridine rings is 1. The second-order valence-corrected chi connectivity index (χ2v) is 6.03. The minimum atomic E-state index is -0.610. The molecular formula is C20H16N4O2. The molecule has 0 aliphatic carbocycles. The fraction of sp³-hybridized carbons (Fsp3) is 0.100. The highest BCUT2D eigenvalue weighted by Crippen LogP contribution is 2.43. The van der Waals surface area contributed by atoms with Crippen molar-refractivity contribution < 1.29 is 4.74 Å². The largest absolute Gasteiger partial charge is 0.496 e.